The maximum Gasteiger partial charge on any atom is 0.247 e. The number of rotatable bonds is 5. The van der Waals surface area contributed by atoms with Gasteiger partial charge in [0.15, 0.2) is 0 Å². The van der Waals surface area contributed by atoms with Crippen LogP contribution in [-0.4, -0.2) is 34.6 Å². The monoisotopic (exact) mass is 442 g/mol. The van der Waals surface area contributed by atoms with Gasteiger partial charge in [-0.1, -0.05) is 78.9 Å². The summed E-state index contributed by atoms with van der Waals surface area (Å²) in [4.78, 5) is 0. The summed E-state index contributed by atoms with van der Waals surface area (Å²) < 4.78 is 28.5. The average molecular weight is 443 g/mol. The van der Waals surface area contributed by atoms with Crippen molar-refractivity contribution in [2.24, 2.45) is 5.10 Å². The third-order valence-electron chi connectivity index (χ3n) is 5.49. The Bertz CT molecular complexity index is 1370. The van der Waals surface area contributed by atoms with Gasteiger partial charge in [0.2, 0.25) is 10.0 Å². The van der Waals surface area contributed by atoms with Crippen LogP contribution in [0.25, 0.3) is 16.9 Å². The van der Waals surface area contributed by atoms with E-state index in [1.807, 2.05) is 97.2 Å². The van der Waals surface area contributed by atoms with Crippen molar-refractivity contribution < 1.29 is 8.42 Å². The van der Waals surface area contributed by atoms with Crippen molar-refractivity contribution in [2.45, 2.75) is 12.5 Å². The molecule has 2 heterocycles. The number of nitrogens with zero attached hydrogens (tertiary/aromatic N) is 4. The van der Waals surface area contributed by atoms with Gasteiger partial charge in [0, 0.05) is 23.7 Å². The minimum absolute atomic E-state index is 0.470. The van der Waals surface area contributed by atoms with Crippen LogP contribution < -0.4 is 0 Å². The van der Waals surface area contributed by atoms with E-state index in [0.717, 1.165) is 33.8 Å². The van der Waals surface area contributed by atoms with E-state index in [-0.39, 0.29) is 0 Å². The van der Waals surface area contributed by atoms with E-state index in [1.54, 1.807) is 4.68 Å². The van der Waals surface area contributed by atoms with Crippen molar-refractivity contribution in [3.05, 3.63) is 108 Å². The predicted octanol–water partition coefficient (Wildman–Crippen LogP) is 4.65. The SMILES string of the molecule is CS(=O)(=O)N1N=C(c2ccccc2)C[C@@H]1c1cn(-c2ccccc2)nc1-c1ccccc1. The molecule has 1 aromatic heterocycles. The molecule has 1 aliphatic heterocycles. The Kier molecular flexibility index (Phi) is 5.11. The smallest absolute Gasteiger partial charge is 0.240 e. The van der Waals surface area contributed by atoms with Crippen molar-refractivity contribution in [3.8, 4) is 16.9 Å². The summed E-state index contributed by atoms with van der Waals surface area (Å²) in [5.74, 6) is 0. The highest BCUT2D eigenvalue weighted by Crippen LogP contribution is 2.39. The Morgan fingerprint density at radius 2 is 1.38 bits per heavy atom. The van der Waals surface area contributed by atoms with Gasteiger partial charge in [-0.25, -0.2) is 13.1 Å². The molecule has 32 heavy (non-hydrogen) atoms. The second-order valence-electron chi connectivity index (χ2n) is 7.75. The van der Waals surface area contributed by atoms with E-state index in [4.69, 9.17) is 5.10 Å². The fourth-order valence-electron chi connectivity index (χ4n) is 4.00. The van der Waals surface area contributed by atoms with E-state index in [2.05, 4.69) is 5.10 Å². The molecule has 0 bridgehead atoms. The second kappa shape index (κ2) is 8.09. The first-order valence-electron chi connectivity index (χ1n) is 10.3. The van der Waals surface area contributed by atoms with E-state index >= 15 is 0 Å². The largest absolute Gasteiger partial charge is 0.247 e. The molecular formula is C25H22N4O2S. The van der Waals surface area contributed by atoms with Crippen LogP contribution in [0.1, 0.15) is 23.6 Å². The Hall–Kier alpha value is -3.71. The third-order valence-corrected chi connectivity index (χ3v) is 6.50. The first kappa shape index (κ1) is 20.2. The van der Waals surface area contributed by atoms with Gasteiger partial charge in [-0.15, -0.1) is 0 Å². The minimum atomic E-state index is -3.59. The summed E-state index contributed by atoms with van der Waals surface area (Å²) >= 11 is 0. The summed E-state index contributed by atoms with van der Waals surface area (Å²) in [5.41, 5.74) is 5.06. The van der Waals surface area contributed by atoms with Crippen molar-refractivity contribution in [2.75, 3.05) is 6.26 Å². The van der Waals surface area contributed by atoms with Crippen LogP contribution in [0.5, 0.6) is 0 Å². The molecule has 5 rings (SSSR count). The lowest BCUT2D eigenvalue weighted by molar-refractivity contribution is 0.375. The van der Waals surface area contributed by atoms with Crippen LogP contribution in [0.2, 0.25) is 0 Å². The van der Waals surface area contributed by atoms with E-state index in [1.165, 1.54) is 10.7 Å². The van der Waals surface area contributed by atoms with Crippen molar-refractivity contribution in [1.29, 1.82) is 0 Å². The zero-order chi connectivity index (χ0) is 22.1. The molecule has 0 saturated heterocycles. The van der Waals surface area contributed by atoms with Crippen molar-refractivity contribution in [3.63, 3.8) is 0 Å². The molecule has 4 aromatic rings. The van der Waals surface area contributed by atoms with Gasteiger partial charge in [-0.2, -0.15) is 14.6 Å². The maximum absolute atomic E-state index is 12.7. The molecule has 1 atom stereocenters. The summed E-state index contributed by atoms with van der Waals surface area (Å²) in [6.07, 6.45) is 3.59. The molecule has 0 N–H and O–H groups in total. The van der Waals surface area contributed by atoms with Crippen molar-refractivity contribution in [1.82, 2.24) is 14.2 Å². The molecule has 160 valence electrons. The Morgan fingerprint density at radius 3 is 1.97 bits per heavy atom. The molecule has 6 nitrogen and oxygen atoms in total. The molecule has 0 spiro atoms. The summed E-state index contributed by atoms with van der Waals surface area (Å²) in [7, 11) is -3.59. The molecule has 0 aliphatic carbocycles. The first-order chi connectivity index (χ1) is 15.5. The van der Waals surface area contributed by atoms with Gasteiger partial charge in [-0.3, -0.25) is 0 Å². The highest BCUT2D eigenvalue weighted by Gasteiger charge is 2.37. The molecular weight excluding hydrogens is 420 g/mol. The highest BCUT2D eigenvalue weighted by atomic mass is 32.2. The zero-order valence-corrected chi connectivity index (χ0v) is 18.4. The van der Waals surface area contributed by atoms with Crippen LogP contribution in [0.3, 0.4) is 0 Å². The number of para-hydroxylation sites is 1. The number of aromatic nitrogens is 2. The Morgan fingerprint density at radius 1 is 0.812 bits per heavy atom. The highest BCUT2D eigenvalue weighted by molar-refractivity contribution is 7.88. The van der Waals surface area contributed by atoms with E-state index < -0.39 is 16.1 Å². The summed E-state index contributed by atoms with van der Waals surface area (Å²) in [6.45, 7) is 0. The Balaban J connectivity index is 1.65. The number of benzene rings is 3. The second-order valence-corrected chi connectivity index (χ2v) is 9.59. The van der Waals surface area contributed by atoms with Gasteiger partial charge < -0.3 is 0 Å². The quantitative estimate of drug-likeness (QED) is 0.452. The summed E-state index contributed by atoms with van der Waals surface area (Å²) in [6, 6.07) is 28.8. The van der Waals surface area contributed by atoms with Crippen LogP contribution in [-0.2, 0) is 10.0 Å². The molecule has 3 aromatic carbocycles. The molecule has 0 amide bonds. The van der Waals surface area contributed by atoms with Crippen LogP contribution in [0.15, 0.2) is 102 Å². The molecule has 0 fully saturated rings. The number of hydrazone groups is 1. The fourth-order valence-corrected chi connectivity index (χ4v) is 4.89. The number of hydrogen-bond donors (Lipinski definition) is 0. The number of sulfonamides is 1. The normalized spacial score (nSPS) is 16.2. The Labute approximate surface area is 187 Å². The molecule has 7 heteroatoms. The summed E-state index contributed by atoms with van der Waals surface area (Å²) in [5, 5.41) is 9.38. The van der Waals surface area contributed by atoms with Crippen LogP contribution in [0, 0.1) is 0 Å². The molecule has 0 unspecified atom stereocenters. The fraction of sp³-hybridized carbons (Fsp3) is 0.120. The van der Waals surface area contributed by atoms with Gasteiger partial charge >= 0.3 is 0 Å². The average Bonchev–Trinajstić information content (AvgIpc) is 3.46. The maximum atomic E-state index is 12.7. The van der Waals surface area contributed by atoms with Gasteiger partial charge in [0.25, 0.3) is 0 Å². The first-order valence-corrected chi connectivity index (χ1v) is 12.2. The molecule has 0 saturated carbocycles. The zero-order valence-electron chi connectivity index (χ0n) is 17.5. The lowest BCUT2D eigenvalue weighted by Gasteiger charge is -2.21. The van der Waals surface area contributed by atoms with Gasteiger partial charge in [0.05, 0.1) is 29.4 Å². The predicted molar refractivity (Wildman–Crippen MR) is 126 cm³/mol. The van der Waals surface area contributed by atoms with Crippen LogP contribution in [0.4, 0.5) is 0 Å². The van der Waals surface area contributed by atoms with Crippen LogP contribution >= 0.6 is 0 Å². The minimum Gasteiger partial charge on any atom is -0.240 e. The van der Waals surface area contributed by atoms with E-state index in [9.17, 15) is 8.42 Å². The third kappa shape index (κ3) is 3.83. The lowest BCUT2D eigenvalue weighted by atomic mass is 9.97. The van der Waals surface area contributed by atoms with Crippen molar-refractivity contribution >= 4 is 15.7 Å². The number of hydrogen-bond acceptors (Lipinski definition) is 4. The van der Waals surface area contributed by atoms with Gasteiger partial charge in [-0.05, 0) is 17.7 Å². The lowest BCUT2D eigenvalue weighted by Crippen LogP contribution is -2.26. The van der Waals surface area contributed by atoms with E-state index in [0.29, 0.717) is 6.42 Å². The van der Waals surface area contributed by atoms with Gasteiger partial charge in [0.1, 0.15) is 0 Å². The topological polar surface area (TPSA) is 67.6 Å². The molecule has 1 aliphatic rings. The molecule has 0 radical (unpaired) electrons. The standard InChI is InChI=1S/C25H22N4O2S/c1-32(30,31)29-24(17-23(26-29)19-11-5-2-6-12-19)22-18-28(21-15-9-4-10-16-21)27-25(22)20-13-7-3-8-14-20/h2-16,18,24H,17H2,1H3/t24-/m1/s1.